The molecule has 1 aliphatic heterocycles. The van der Waals surface area contributed by atoms with Crippen LogP contribution < -0.4 is 0 Å². The van der Waals surface area contributed by atoms with E-state index in [2.05, 4.69) is 0 Å². The Morgan fingerprint density at radius 3 is 2.47 bits per heavy atom. The zero-order chi connectivity index (χ0) is 12.3. The molecule has 0 saturated carbocycles. The fourth-order valence-electron chi connectivity index (χ4n) is 2.11. The van der Waals surface area contributed by atoms with Gasteiger partial charge in [0.15, 0.2) is 0 Å². The van der Waals surface area contributed by atoms with Gasteiger partial charge in [-0.25, -0.2) is 0 Å². The standard InChI is InChI=1S/C14H19NO2/c1-11-2-4-12(5-3-11)10-14(17)15-8-6-13(16)7-9-15/h2-5,13,16H,6-10H2,1H3. The van der Waals surface area contributed by atoms with Gasteiger partial charge in [0.2, 0.25) is 5.91 Å². The van der Waals surface area contributed by atoms with E-state index in [1.54, 1.807) is 0 Å². The molecule has 0 atom stereocenters. The van der Waals surface area contributed by atoms with E-state index in [9.17, 15) is 9.90 Å². The summed E-state index contributed by atoms with van der Waals surface area (Å²) in [4.78, 5) is 13.9. The quantitative estimate of drug-likeness (QED) is 0.841. The van der Waals surface area contributed by atoms with E-state index >= 15 is 0 Å². The molecule has 0 aromatic heterocycles. The third kappa shape index (κ3) is 3.30. The van der Waals surface area contributed by atoms with Crippen molar-refractivity contribution in [3.05, 3.63) is 35.4 Å². The van der Waals surface area contributed by atoms with Gasteiger partial charge in [0.25, 0.3) is 0 Å². The lowest BCUT2D eigenvalue weighted by molar-refractivity contribution is -0.132. The minimum atomic E-state index is -0.224. The second kappa shape index (κ2) is 5.32. The number of benzene rings is 1. The Balaban J connectivity index is 1.90. The largest absolute Gasteiger partial charge is 0.393 e. The van der Waals surface area contributed by atoms with Crippen LogP contribution in [0.4, 0.5) is 0 Å². The van der Waals surface area contributed by atoms with Crippen LogP contribution in [0.5, 0.6) is 0 Å². The van der Waals surface area contributed by atoms with Crippen LogP contribution in [-0.2, 0) is 11.2 Å². The first-order valence-electron chi connectivity index (χ1n) is 6.16. The Morgan fingerprint density at radius 2 is 1.88 bits per heavy atom. The van der Waals surface area contributed by atoms with Crippen molar-refractivity contribution in [2.45, 2.75) is 32.3 Å². The van der Waals surface area contributed by atoms with Crippen molar-refractivity contribution in [1.29, 1.82) is 0 Å². The Kier molecular flexibility index (Phi) is 3.79. The minimum absolute atomic E-state index is 0.167. The van der Waals surface area contributed by atoms with Crippen LogP contribution in [0.3, 0.4) is 0 Å². The predicted molar refractivity (Wildman–Crippen MR) is 66.7 cm³/mol. The molecule has 1 amide bonds. The van der Waals surface area contributed by atoms with E-state index in [1.165, 1.54) is 5.56 Å². The van der Waals surface area contributed by atoms with Gasteiger partial charge in [0, 0.05) is 13.1 Å². The third-order valence-electron chi connectivity index (χ3n) is 3.29. The number of carbonyl (C=O) groups is 1. The highest BCUT2D eigenvalue weighted by molar-refractivity contribution is 5.78. The number of aryl methyl sites for hydroxylation is 1. The van der Waals surface area contributed by atoms with Crippen LogP contribution in [-0.4, -0.2) is 35.1 Å². The maximum Gasteiger partial charge on any atom is 0.226 e. The van der Waals surface area contributed by atoms with Crippen molar-refractivity contribution in [3.63, 3.8) is 0 Å². The molecule has 0 aliphatic carbocycles. The lowest BCUT2D eigenvalue weighted by atomic mass is 10.1. The van der Waals surface area contributed by atoms with Gasteiger partial charge in [-0.15, -0.1) is 0 Å². The third-order valence-corrected chi connectivity index (χ3v) is 3.29. The number of aliphatic hydroxyl groups excluding tert-OH is 1. The van der Waals surface area contributed by atoms with Crippen LogP contribution in [0.1, 0.15) is 24.0 Å². The molecule has 3 heteroatoms. The van der Waals surface area contributed by atoms with E-state index in [1.807, 2.05) is 36.1 Å². The highest BCUT2D eigenvalue weighted by Gasteiger charge is 2.20. The first-order valence-corrected chi connectivity index (χ1v) is 6.16. The van der Waals surface area contributed by atoms with Crippen molar-refractivity contribution in [1.82, 2.24) is 4.90 Å². The molecule has 1 saturated heterocycles. The molecule has 0 radical (unpaired) electrons. The number of piperidine rings is 1. The van der Waals surface area contributed by atoms with Gasteiger partial charge < -0.3 is 10.0 Å². The van der Waals surface area contributed by atoms with Crippen molar-refractivity contribution in [2.24, 2.45) is 0 Å². The fourth-order valence-corrected chi connectivity index (χ4v) is 2.11. The lowest BCUT2D eigenvalue weighted by Crippen LogP contribution is -2.40. The van der Waals surface area contributed by atoms with E-state index < -0.39 is 0 Å². The van der Waals surface area contributed by atoms with E-state index in [0.717, 1.165) is 5.56 Å². The average Bonchev–Trinajstić information content (AvgIpc) is 2.33. The highest BCUT2D eigenvalue weighted by atomic mass is 16.3. The molecule has 1 aromatic rings. The van der Waals surface area contributed by atoms with Crippen LogP contribution in [0.2, 0.25) is 0 Å². The maximum absolute atomic E-state index is 12.0. The first-order chi connectivity index (χ1) is 8.15. The number of hydrogen-bond acceptors (Lipinski definition) is 2. The summed E-state index contributed by atoms with van der Waals surface area (Å²) in [7, 11) is 0. The van der Waals surface area contributed by atoms with Crippen molar-refractivity contribution in [2.75, 3.05) is 13.1 Å². The number of aliphatic hydroxyl groups is 1. The Labute approximate surface area is 102 Å². The molecule has 17 heavy (non-hydrogen) atoms. The number of carbonyl (C=O) groups excluding carboxylic acids is 1. The van der Waals surface area contributed by atoms with Gasteiger partial charge in [-0.3, -0.25) is 4.79 Å². The number of hydrogen-bond donors (Lipinski definition) is 1. The number of rotatable bonds is 2. The molecule has 0 spiro atoms. The zero-order valence-electron chi connectivity index (χ0n) is 10.2. The SMILES string of the molecule is Cc1ccc(CC(=O)N2CCC(O)CC2)cc1. The van der Waals surface area contributed by atoms with Gasteiger partial charge in [-0.2, -0.15) is 0 Å². The first kappa shape index (κ1) is 12.1. The summed E-state index contributed by atoms with van der Waals surface area (Å²) in [6.45, 7) is 3.41. The van der Waals surface area contributed by atoms with Crippen molar-refractivity contribution in [3.8, 4) is 0 Å². The van der Waals surface area contributed by atoms with Crippen molar-refractivity contribution < 1.29 is 9.90 Å². The topological polar surface area (TPSA) is 40.5 Å². The summed E-state index contributed by atoms with van der Waals surface area (Å²) in [5, 5.41) is 9.39. The Bertz CT molecular complexity index is 378. The molecular formula is C14H19NO2. The van der Waals surface area contributed by atoms with Gasteiger partial charge in [-0.05, 0) is 25.3 Å². The summed E-state index contributed by atoms with van der Waals surface area (Å²) in [5.74, 6) is 0.167. The number of nitrogens with zero attached hydrogens (tertiary/aromatic N) is 1. The molecule has 1 N–H and O–H groups in total. The van der Waals surface area contributed by atoms with Gasteiger partial charge in [0.1, 0.15) is 0 Å². The molecule has 0 unspecified atom stereocenters. The molecule has 1 aromatic carbocycles. The highest BCUT2D eigenvalue weighted by Crippen LogP contribution is 2.12. The Morgan fingerprint density at radius 1 is 1.29 bits per heavy atom. The second-order valence-corrected chi connectivity index (χ2v) is 4.77. The Hall–Kier alpha value is -1.35. The van der Waals surface area contributed by atoms with E-state index in [-0.39, 0.29) is 12.0 Å². The normalized spacial score (nSPS) is 17.2. The molecule has 2 rings (SSSR count). The fraction of sp³-hybridized carbons (Fsp3) is 0.500. The summed E-state index contributed by atoms with van der Waals surface area (Å²) in [6.07, 6.45) is 1.66. The second-order valence-electron chi connectivity index (χ2n) is 4.77. The van der Waals surface area contributed by atoms with E-state index in [0.29, 0.717) is 32.4 Å². The maximum atomic E-state index is 12.0. The van der Waals surface area contributed by atoms with Crippen LogP contribution >= 0.6 is 0 Å². The molecular weight excluding hydrogens is 214 g/mol. The molecule has 1 heterocycles. The van der Waals surface area contributed by atoms with Gasteiger partial charge >= 0.3 is 0 Å². The number of amides is 1. The van der Waals surface area contributed by atoms with Gasteiger partial charge in [-0.1, -0.05) is 29.8 Å². The summed E-state index contributed by atoms with van der Waals surface area (Å²) < 4.78 is 0. The molecule has 3 nitrogen and oxygen atoms in total. The number of likely N-dealkylation sites (tertiary alicyclic amines) is 1. The minimum Gasteiger partial charge on any atom is -0.393 e. The molecule has 92 valence electrons. The van der Waals surface area contributed by atoms with E-state index in [4.69, 9.17) is 0 Å². The molecule has 0 bridgehead atoms. The van der Waals surface area contributed by atoms with Crippen LogP contribution in [0.25, 0.3) is 0 Å². The monoisotopic (exact) mass is 233 g/mol. The summed E-state index contributed by atoms with van der Waals surface area (Å²) in [5.41, 5.74) is 2.27. The average molecular weight is 233 g/mol. The van der Waals surface area contributed by atoms with Crippen LogP contribution in [0.15, 0.2) is 24.3 Å². The molecule has 1 fully saturated rings. The smallest absolute Gasteiger partial charge is 0.226 e. The zero-order valence-corrected chi connectivity index (χ0v) is 10.2. The van der Waals surface area contributed by atoms with Gasteiger partial charge in [0.05, 0.1) is 12.5 Å². The predicted octanol–water partition coefficient (Wildman–Crippen LogP) is 1.52. The van der Waals surface area contributed by atoms with Crippen LogP contribution in [0, 0.1) is 6.92 Å². The summed E-state index contributed by atoms with van der Waals surface area (Å²) in [6, 6.07) is 8.07. The summed E-state index contributed by atoms with van der Waals surface area (Å²) >= 11 is 0. The molecule has 1 aliphatic rings. The lowest BCUT2D eigenvalue weighted by Gasteiger charge is -2.29. The van der Waals surface area contributed by atoms with Crippen molar-refractivity contribution >= 4 is 5.91 Å².